The standard InChI is InChI=1S/C18H26N4O3/c1-13-20-17(21-25-13)12-22-9-5-7-15(11-22)19-10-14-6-4-8-16(23-2)18(14)24-3/h4,6,8,15,19H,5,7,9-12H2,1-3H3/t15-/m1/s1. The Morgan fingerprint density at radius 3 is 2.92 bits per heavy atom. The van der Waals surface area contributed by atoms with Gasteiger partial charge in [-0.05, 0) is 25.5 Å². The Balaban J connectivity index is 1.56. The molecule has 2 aromatic rings. The quantitative estimate of drug-likeness (QED) is 0.823. The number of methoxy groups -OCH3 is 2. The van der Waals surface area contributed by atoms with E-state index in [9.17, 15) is 0 Å². The normalized spacial score (nSPS) is 18.3. The second kappa shape index (κ2) is 8.31. The molecule has 0 amide bonds. The number of aromatic nitrogens is 2. The molecule has 1 N–H and O–H groups in total. The number of nitrogens with one attached hydrogen (secondary N) is 1. The first kappa shape index (κ1) is 17.7. The van der Waals surface area contributed by atoms with E-state index in [1.165, 1.54) is 0 Å². The highest BCUT2D eigenvalue weighted by Crippen LogP contribution is 2.30. The van der Waals surface area contributed by atoms with E-state index >= 15 is 0 Å². The molecule has 1 saturated heterocycles. The van der Waals surface area contributed by atoms with E-state index < -0.39 is 0 Å². The Kier molecular flexibility index (Phi) is 5.88. The minimum Gasteiger partial charge on any atom is -0.493 e. The summed E-state index contributed by atoms with van der Waals surface area (Å²) in [6.45, 7) is 5.34. The summed E-state index contributed by atoms with van der Waals surface area (Å²) in [4.78, 5) is 6.66. The summed E-state index contributed by atoms with van der Waals surface area (Å²) in [5.74, 6) is 2.94. The molecule has 0 unspecified atom stereocenters. The van der Waals surface area contributed by atoms with Gasteiger partial charge in [-0.15, -0.1) is 0 Å². The molecule has 1 atom stereocenters. The minimum atomic E-state index is 0.428. The van der Waals surface area contributed by atoms with E-state index in [1.54, 1.807) is 14.2 Å². The van der Waals surface area contributed by atoms with Crippen LogP contribution in [-0.4, -0.2) is 48.4 Å². The van der Waals surface area contributed by atoms with Gasteiger partial charge in [0.2, 0.25) is 5.89 Å². The Morgan fingerprint density at radius 2 is 2.20 bits per heavy atom. The lowest BCUT2D eigenvalue weighted by atomic mass is 10.0. The topological polar surface area (TPSA) is 72.7 Å². The van der Waals surface area contributed by atoms with Crippen LogP contribution in [0.2, 0.25) is 0 Å². The SMILES string of the molecule is COc1cccc(CN[C@@H]2CCCN(Cc3noc(C)n3)C2)c1OC. The number of likely N-dealkylation sites (tertiary alicyclic amines) is 1. The van der Waals surface area contributed by atoms with Crippen LogP contribution in [0.3, 0.4) is 0 Å². The zero-order valence-corrected chi connectivity index (χ0v) is 15.1. The summed E-state index contributed by atoms with van der Waals surface area (Å²) < 4.78 is 15.9. The second-order valence-electron chi connectivity index (χ2n) is 6.34. The van der Waals surface area contributed by atoms with Crippen molar-refractivity contribution < 1.29 is 14.0 Å². The number of aryl methyl sites for hydroxylation is 1. The molecule has 1 aromatic heterocycles. The van der Waals surface area contributed by atoms with Crippen molar-refractivity contribution >= 4 is 0 Å². The third-order valence-electron chi connectivity index (χ3n) is 4.51. The average molecular weight is 346 g/mol. The molecule has 7 heteroatoms. The monoisotopic (exact) mass is 346 g/mol. The predicted molar refractivity (Wildman–Crippen MR) is 93.7 cm³/mol. The van der Waals surface area contributed by atoms with Crippen molar-refractivity contribution in [2.24, 2.45) is 0 Å². The summed E-state index contributed by atoms with van der Waals surface area (Å²) in [7, 11) is 3.34. The summed E-state index contributed by atoms with van der Waals surface area (Å²) in [6.07, 6.45) is 2.32. The maximum Gasteiger partial charge on any atom is 0.223 e. The van der Waals surface area contributed by atoms with Crippen LogP contribution in [-0.2, 0) is 13.1 Å². The van der Waals surface area contributed by atoms with Gasteiger partial charge in [-0.3, -0.25) is 4.90 Å². The van der Waals surface area contributed by atoms with Gasteiger partial charge in [-0.1, -0.05) is 17.3 Å². The lowest BCUT2D eigenvalue weighted by molar-refractivity contribution is 0.177. The molecule has 3 rings (SSSR count). The van der Waals surface area contributed by atoms with Crippen molar-refractivity contribution in [3.05, 3.63) is 35.5 Å². The lowest BCUT2D eigenvalue weighted by Crippen LogP contribution is -2.45. The van der Waals surface area contributed by atoms with Gasteiger partial charge in [0.25, 0.3) is 0 Å². The first-order valence-corrected chi connectivity index (χ1v) is 8.64. The maximum atomic E-state index is 5.51. The van der Waals surface area contributed by atoms with Crippen LogP contribution in [0.4, 0.5) is 0 Å². The van der Waals surface area contributed by atoms with E-state index in [2.05, 4.69) is 26.4 Å². The number of piperidine rings is 1. The van der Waals surface area contributed by atoms with Gasteiger partial charge in [0.1, 0.15) is 0 Å². The Hall–Kier alpha value is -2.12. The molecule has 1 aliphatic heterocycles. The van der Waals surface area contributed by atoms with Gasteiger partial charge < -0.3 is 19.3 Å². The molecule has 136 valence electrons. The van der Waals surface area contributed by atoms with E-state index in [4.69, 9.17) is 14.0 Å². The molecule has 0 saturated carbocycles. The largest absolute Gasteiger partial charge is 0.493 e. The molecule has 1 fully saturated rings. The minimum absolute atomic E-state index is 0.428. The fourth-order valence-electron chi connectivity index (χ4n) is 3.32. The molecular formula is C18H26N4O3. The highest BCUT2D eigenvalue weighted by Gasteiger charge is 2.21. The van der Waals surface area contributed by atoms with Crippen LogP contribution >= 0.6 is 0 Å². The van der Waals surface area contributed by atoms with Crippen LogP contribution in [0.15, 0.2) is 22.7 Å². The molecule has 0 spiro atoms. The van der Waals surface area contributed by atoms with Crippen LogP contribution in [0.5, 0.6) is 11.5 Å². The predicted octanol–water partition coefficient (Wildman–Crippen LogP) is 2.15. The second-order valence-corrected chi connectivity index (χ2v) is 6.34. The molecule has 7 nitrogen and oxygen atoms in total. The van der Waals surface area contributed by atoms with Gasteiger partial charge in [-0.2, -0.15) is 4.98 Å². The number of para-hydroxylation sites is 1. The van der Waals surface area contributed by atoms with Gasteiger partial charge >= 0.3 is 0 Å². The molecule has 0 radical (unpaired) electrons. The zero-order valence-electron chi connectivity index (χ0n) is 15.1. The number of ether oxygens (including phenoxy) is 2. The van der Waals surface area contributed by atoms with Crippen LogP contribution in [0.25, 0.3) is 0 Å². The Morgan fingerprint density at radius 1 is 1.32 bits per heavy atom. The average Bonchev–Trinajstić information content (AvgIpc) is 3.04. The Bertz CT molecular complexity index is 689. The lowest BCUT2D eigenvalue weighted by Gasteiger charge is -2.32. The third kappa shape index (κ3) is 4.49. The van der Waals surface area contributed by atoms with E-state index in [1.807, 2.05) is 19.1 Å². The molecule has 0 aliphatic carbocycles. The molecule has 1 aromatic carbocycles. The van der Waals surface area contributed by atoms with E-state index in [-0.39, 0.29) is 0 Å². The zero-order chi connectivity index (χ0) is 17.6. The summed E-state index contributed by atoms with van der Waals surface area (Å²) in [5, 5.41) is 7.64. The summed E-state index contributed by atoms with van der Waals surface area (Å²) in [5.41, 5.74) is 1.10. The number of hydrogen-bond acceptors (Lipinski definition) is 7. The van der Waals surface area contributed by atoms with Gasteiger partial charge in [0.05, 0.1) is 20.8 Å². The Labute approximate surface area is 148 Å². The van der Waals surface area contributed by atoms with Crippen LogP contribution in [0, 0.1) is 6.92 Å². The molecule has 0 bridgehead atoms. The fourth-order valence-corrected chi connectivity index (χ4v) is 3.32. The first-order valence-electron chi connectivity index (χ1n) is 8.64. The fraction of sp³-hybridized carbons (Fsp3) is 0.556. The van der Waals surface area contributed by atoms with Gasteiger partial charge in [0, 0.05) is 31.6 Å². The molecule has 1 aliphatic rings. The van der Waals surface area contributed by atoms with Crippen molar-refractivity contribution in [2.45, 2.75) is 38.9 Å². The first-order chi connectivity index (χ1) is 12.2. The van der Waals surface area contributed by atoms with Crippen LogP contribution in [0.1, 0.15) is 30.1 Å². The molecular weight excluding hydrogens is 320 g/mol. The highest BCUT2D eigenvalue weighted by molar-refractivity contribution is 5.46. The van der Waals surface area contributed by atoms with Crippen molar-refractivity contribution in [1.29, 1.82) is 0 Å². The van der Waals surface area contributed by atoms with Gasteiger partial charge in [-0.25, -0.2) is 0 Å². The molecule has 2 heterocycles. The number of rotatable bonds is 7. The number of hydrogen-bond donors (Lipinski definition) is 1. The summed E-state index contributed by atoms with van der Waals surface area (Å²) >= 11 is 0. The van der Waals surface area contributed by atoms with Crippen molar-refractivity contribution in [3.8, 4) is 11.5 Å². The smallest absolute Gasteiger partial charge is 0.223 e. The van der Waals surface area contributed by atoms with Crippen LogP contribution < -0.4 is 14.8 Å². The third-order valence-corrected chi connectivity index (χ3v) is 4.51. The van der Waals surface area contributed by atoms with Crippen molar-refractivity contribution in [1.82, 2.24) is 20.4 Å². The van der Waals surface area contributed by atoms with E-state index in [0.717, 1.165) is 61.9 Å². The number of nitrogens with zero attached hydrogens (tertiary/aromatic N) is 3. The van der Waals surface area contributed by atoms with Crippen molar-refractivity contribution in [2.75, 3.05) is 27.3 Å². The van der Waals surface area contributed by atoms with E-state index in [0.29, 0.717) is 11.9 Å². The van der Waals surface area contributed by atoms with Gasteiger partial charge in [0.15, 0.2) is 17.3 Å². The highest BCUT2D eigenvalue weighted by atomic mass is 16.5. The maximum absolute atomic E-state index is 5.51. The summed E-state index contributed by atoms with van der Waals surface area (Å²) in [6, 6.07) is 6.40. The van der Waals surface area contributed by atoms with Crippen molar-refractivity contribution in [3.63, 3.8) is 0 Å². The number of benzene rings is 1. The molecule has 25 heavy (non-hydrogen) atoms.